The molecule has 3 heterocycles. The Balaban J connectivity index is 1.33. The van der Waals surface area contributed by atoms with Gasteiger partial charge in [-0.1, -0.05) is 60.1 Å². The molecular weight excluding hydrogens is 638 g/mol. The van der Waals surface area contributed by atoms with Gasteiger partial charge in [0, 0.05) is 42.2 Å². The van der Waals surface area contributed by atoms with E-state index in [-0.39, 0.29) is 54.0 Å². The lowest BCUT2D eigenvalue weighted by atomic mass is 9.94. The second-order valence-electron chi connectivity index (χ2n) is 12.0. The first-order valence-electron chi connectivity index (χ1n) is 15.9. The third-order valence-electron chi connectivity index (χ3n) is 8.78. The average molecular weight is 678 g/mol. The van der Waals surface area contributed by atoms with Crippen molar-refractivity contribution in [3.63, 3.8) is 0 Å². The van der Waals surface area contributed by atoms with Gasteiger partial charge in [0.15, 0.2) is 11.0 Å². The fraction of sp³-hybridized carbons (Fsp3) is 0.412. The first-order chi connectivity index (χ1) is 22.7. The second kappa shape index (κ2) is 16.0. The lowest BCUT2D eigenvalue weighted by Crippen LogP contribution is -2.63. The first kappa shape index (κ1) is 34.1. The number of carbonyl (C=O) groups excluding carboxylic acids is 4. The van der Waals surface area contributed by atoms with Gasteiger partial charge in [-0.3, -0.25) is 24.6 Å². The van der Waals surface area contributed by atoms with E-state index in [9.17, 15) is 19.2 Å². The fourth-order valence-corrected chi connectivity index (χ4v) is 7.22. The molecule has 0 saturated carbocycles. The van der Waals surface area contributed by atoms with Gasteiger partial charge in [0.2, 0.25) is 23.5 Å². The molecule has 1 aromatic heterocycles. The van der Waals surface area contributed by atoms with Crippen molar-refractivity contribution in [3.8, 4) is 0 Å². The van der Waals surface area contributed by atoms with E-state index in [4.69, 9.17) is 22.7 Å². The number of carbonyl (C=O) groups is 4. The Hall–Kier alpha value is -4.29. The molecule has 4 N–H and O–H groups in total. The van der Waals surface area contributed by atoms with Gasteiger partial charge in [-0.05, 0) is 55.7 Å². The number of guanidine groups is 1. The van der Waals surface area contributed by atoms with Crippen molar-refractivity contribution in [2.24, 2.45) is 5.73 Å². The molecule has 0 bridgehead atoms. The van der Waals surface area contributed by atoms with Crippen LogP contribution in [0, 0.1) is 5.41 Å². The Morgan fingerprint density at radius 2 is 1.87 bits per heavy atom. The highest BCUT2D eigenvalue weighted by Gasteiger charge is 2.41. The molecule has 2 saturated heterocycles. The number of piperidine rings is 1. The standard InChI is InChI=1S/C34H40ClN7O4S/c35-26-14-5-4-12-24(26)19-28-33(46)40(16-8-11-23-9-2-1-3-10-23)22-30(44)42(28)21-29(43)39-27(31(45)32-38-15-18-47-32)20-25-13-6-7-17-41(25)34(36)37/h1-5,9-10,12,14-15,18,25,27-28H,6-8,11,13,16-17,19-22H2,(H3,36,37)(H,39,43). The number of ketones is 1. The van der Waals surface area contributed by atoms with Crippen LogP contribution in [0.1, 0.15) is 53.0 Å². The zero-order chi connectivity index (χ0) is 33.3. The molecule has 2 aromatic carbocycles. The lowest BCUT2D eigenvalue weighted by molar-refractivity contribution is -0.157. The Morgan fingerprint density at radius 3 is 2.60 bits per heavy atom. The van der Waals surface area contributed by atoms with Gasteiger partial charge in [0.05, 0.1) is 12.6 Å². The summed E-state index contributed by atoms with van der Waals surface area (Å²) in [5.74, 6) is -1.59. The van der Waals surface area contributed by atoms with E-state index in [0.717, 1.165) is 31.2 Å². The van der Waals surface area contributed by atoms with Gasteiger partial charge in [0.1, 0.15) is 12.6 Å². The number of nitrogens with zero attached hydrogens (tertiary/aromatic N) is 4. The molecular formula is C34H40ClN7O4S. The number of hydrogen-bond acceptors (Lipinski definition) is 7. The topological polar surface area (TPSA) is 153 Å². The molecule has 0 spiro atoms. The molecule has 3 unspecified atom stereocenters. The molecule has 3 atom stereocenters. The quantitative estimate of drug-likeness (QED) is 0.142. The monoisotopic (exact) mass is 677 g/mol. The summed E-state index contributed by atoms with van der Waals surface area (Å²) in [4.78, 5) is 63.6. The highest BCUT2D eigenvalue weighted by Crippen LogP contribution is 2.25. The number of nitrogens with two attached hydrogens (primary N) is 1. The van der Waals surface area contributed by atoms with Gasteiger partial charge >= 0.3 is 0 Å². The van der Waals surface area contributed by atoms with Crippen LogP contribution in [0.2, 0.25) is 5.02 Å². The van der Waals surface area contributed by atoms with E-state index in [1.54, 1.807) is 33.4 Å². The molecule has 13 heteroatoms. The summed E-state index contributed by atoms with van der Waals surface area (Å²) in [7, 11) is 0. The zero-order valence-corrected chi connectivity index (χ0v) is 27.7. The number of Topliss-reactive ketones (excluding diaryl/α,β-unsaturated/α-hetero) is 1. The molecule has 0 radical (unpaired) electrons. The van der Waals surface area contributed by atoms with E-state index >= 15 is 0 Å². The second-order valence-corrected chi connectivity index (χ2v) is 13.3. The molecule has 47 heavy (non-hydrogen) atoms. The number of amides is 3. The summed E-state index contributed by atoms with van der Waals surface area (Å²) in [6.07, 6.45) is 5.86. The minimum Gasteiger partial charge on any atom is -0.370 e. The Morgan fingerprint density at radius 1 is 1.11 bits per heavy atom. The van der Waals surface area contributed by atoms with E-state index in [1.165, 1.54) is 22.4 Å². The molecule has 11 nitrogen and oxygen atoms in total. The SMILES string of the molecule is N=C(N)N1CCCCC1CC(NC(=O)CN1C(=O)CN(CCCc2ccccc2)C(=O)C1Cc1ccccc1Cl)C(=O)c1nccs1. The summed E-state index contributed by atoms with van der Waals surface area (Å²) in [6, 6.07) is 15.0. The number of hydrogen-bond donors (Lipinski definition) is 3. The number of halogens is 1. The number of likely N-dealkylation sites (tertiary alicyclic amines) is 1. The van der Waals surface area contributed by atoms with E-state index < -0.39 is 24.5 Å². The Labute approximate surface area is 283 Å². The summed E-state index contributed by atoms with van der Waals surface area (Å²) >= 11 is 7.65. The van der Waals surface area contributed by atoms with Crippen molar-refractivity contribution in [1.29, 1.82) is 5.41 Å². The highest BCUT2D eigenvalue weighted by atomic mass is 35.5. The van der Waals surface area contributed by atoms with Crippen molar-refractivity contribution in [1.82, 2.24) is 25.0 Å². The third kappa shape index (κ3) is 8.75. The van der Waals surface area contributed by atoms with E-state index in [1.807, 2.05) is 36.4 Å². The number of rotatable bonds is 13. The summed E-state index contributed by atoms with van der Waals surface area (Å²) in [5.41, 5.74) is 7.69. The van der Waals surface area contributed by atoms with Crippen molar-refractivity contribution in [2.75, 3.05) is 26.2 Å². The number of piperazine rings is 1. The number of aryl methyl sites for hydroxylation is 1. The van der Waals surface area contributed by atoms with Crippen molar-refractivity contribution in [2.45, 2.75) is 63.1 Å². The predicted molar refractivity (Wildman–Crippen MR) is 181 cm³/mol. The van der Waals surface area contributed by atoms with Gasteiger partial charge in [-0.2, -0.15) is 0 Å². The summed E-state index contributed by atoms with van der Waals surface area (Å²) in [5, 5.41) is 13.3. The predicted octanol–water partition coefficient (Wildman–Crippen LogP) is 3.52. The van der Waals surface area contributed by atoms with Crippen LogP contribution in [0.4, 0.5) is 0 Å². The molecule has 2 fully saturated rings. The molecule has 0 aliphatic carbocycles. The van der Waals surface area contributed by atoms with E-state index in [0.29, 0.717) is 30.1 Å². The minimum atomic E-state index is -0.953. The molecule has 2 aliphatic rings. The van der Waals surface area contributed by atoms with Gasteiger partial charge < -0.3 is 25.8 Å². The van der Waals surface area contributed by atoms with Crippen LogP contribution in [0.15, 0.2) is 66.2 Å². The zero-order valence-electron chi connectivity index (χ0n) is 26.1. The highest BCUT2D eigenvalue weighted by molar-refractivity contribution is 7.11. The normalized spacial score (nSPS) is 19.0. The Bertz CT molecular complexity index is 1570. The van der Waals surface area contributed by atoms with Crippen LogP contribution in [-0.4, -0.2) is 93.5 Å². The molecule has 3 aromatic rings. The molecule has 2 aliphatic heterocycles. The van der Waals surface area contributed by atoms with Gasteiger partial charge in [-0.15, -0.1) is 11.3 Å². The van der Waals surface area contributed by atoms with Crippen molar-refractivity contribution >= 4 is 52.4 Å². The Kier molecular flexibility index (Phi) is 11.6. The van der Waals surface area contributed by atoms with Gasteiger partial charge in [-0.25, -0.2) is 4.98 Å². The molecule has 248 valence electrons. The number of aromatic nitrogens is 1. The molecule has 5 rings (SSSR count). The lowest BCUT2D eigenvalue weighted by Gasteiger charge is -2.40. The van der Waals surface area contributed by atoms with Crippen LogP contribution in [0.5, 0.6) is 0 Å². The smallest absolute Gasteiger partial charge is 0.246 e. The van der Waals surface area contributed by atoms with Crippen LogP contribution < -0.4 is 11.1 Å². The minimum absolute atomic E-state index is 0.0744. The van der Waals surface area contributed by atoms with Crippen LogP contribution in [0.3, 0.4) is 0 Å². The fourth-order valence-electron chi connectivity index (χ4n) is 6.38. The van der Waals surface area contributed by atoms with Gasteiger partial charge in [0.25, 0.3) is 0 Å². The van der Waals surface area contributed by atoms with Crippen LogP contribution in [0.25, 0.3) is 0 Å². The first-order valence-corrected chi connectivity index (χ1v) is 17.2. The maximum Gasteiger partial charge on any atom is 0.246 e. The van der Waals surface area contributed by atoms with Crippen LogP contribution >= 0.6 is 22.9 Å². The molecule has 3 amide bonds. The maximum atomic E-state index is 13.9. The van der Waals surface area contributed by atoms with Crippen LogP contribution in [-0.2, 0) is 27.2 Å². The summed E-state index contributed by atoms with van der Waals surface area (Å²) in [6.45, 7) is 0.455. The summed E-state index contributed by atoms with van der Waals surface area (Å²) < 4.78 is 0. The van der Waals surface area contributed by atoms with Crippen molar-refractivity contribution in [3.05, 3.63) is 87.3 Å². The third-order valence-corrected chi connectivity index (χ3v) is 9.94. The van der Waals surface area contributed by atoms with E-state index in [2.05, 4.69) is 10.3 Å². The van der Waals surface area contributed by atoms with Crippen molar-refractivity contribution < 1.29 is 19.2 Å². The number of nitrogens with one attached hydrogen (secondary N) is 2. The number of thiazole rings is 1. The number of benzene rings is 2. The average Bonchev–Trinajstić information content (AvgIpc) is 3.61. The maximum absolute atomic E-state index is 13.9. The largest absolute Gasteiger partial charge is 0.370 e.